The Morgan fingerprint density at radius 3 is 2.48 bits per heavy atom. The minimum Gasteiger partial charge on any atom is -0.508 e. The van der Waals surface area contributed by atoms with Crippen molar-refractivity contribution in [2.75, 3.05) is 5.73 Å². The third kappa shape index (κ3) is 4.48. The molecule has 7 nitrogen and oxygen atoms in total. The van der Waals surface area contributed by atoms with E-state index in [0.29, 0.717) is 28.3 Å². The van der Waals surface area contributed by atoms with E-state index in [9.17, 15) is 13.5 Å². The van der Waals surface area contributed by atoms with Gasteiger partial charge in [0.2, 0.25) is 0 Å². The number of azo groups is 1. The van der Waals surface area contributed by atoms with Gasteiger partial charge in [-0.15, -0.1) is 5.11 Å². The van der Waals surface area contributed by atoms with Crippen LogP contribution < -0.4 is 5.73 Å². The maximum absolute atomic E-state index is 12.5. The first-order chi connectivity index (χ1) is 12.8. The van der Waals surface area contributed by atoms with E-state index in [0.717, 1.165) is 0 Å². The molecule has 1 aromatic heterocycles. The van der Waals surface area contributed by atoms with E-state index in [1.54, 1.807) is 49.5 Å². The van der Waals surface area contributed by atoms with Gasteiger partial charge in [0.1, 0.15) is 11.4 Å². The van der Waals surface area contributed by atoms with Gasteiger partial charge >= 0.3 is 0 Å². The van der Waals surface area contributed by atoms with Gasteiger partial charge in [0, 0.05) is 12.3 Å². The number of sulfone groups is 1. The van der Waals surface area contributed by atoms with Crippen molar-refractivity contribution in [3.8, 4) is 5.75 Å². The molecule has 27 heavy (non-hydrogen) atoms. The van der Waals surface area contributed by atoms with Crippen molar-refractivity contribution >= 4 is 26.9 Å². The standard InChI is InChI=1S/C19H18N4O3S/c1-13-10-18(17(20)11-19(13)24)23-22-14-5-7-16(8-6-14)27(25,26)12-15-4-2-3-9-21-15/h2-11,24H,12,20H2,1H3. The van der Waals surface area contributed by atoms with Gasteiger partial charge < -0.3 is 10.8 Å². The average Bonchev–Trinajstić information content (AvgIpc) is 2.64. The summed E-state index contributed by atoms with van der Waals surface area (Å²) in [6.45, 7) is 1.73. The molecule has 3 aromatic rings. The minimum absolute atomic E-state index is 0.0916. The van der Waals surface area contributed by atoms with Crippen LogP contribution in [-0.4, -0.2) is 18.5 Å². The molecule has 3 N–H and O–H groups in total. The number of aryl methyl sites for hydroxylation is 1. The van der Waals surface area contributed by atoms with Gasteiger partial charge in [-0.2, -0.15) is 5.11 Å². The van der Waals surface area contributed by atoms with Crippen molar-refractivity contribution in [1.82, 2.24) is 4.98 Å². The normalized spacial score (nSPS) is 11.7. The Morgan fingerprint density at radius 1 is 1.07 bits per heavy atom. The average molecular weight is 382 g/mol. The molecule has 0 spiro atoms. The largest absolute Gasteiger partial charge is 0.508 e. The number of phenolic OH excluding ortho intramolecular Hbond substituents is 1. The first-order valence-electron chi connectivity index (χ1n) is 8.09. The zero-order chi connectivity index (χ0) is 19.4. The molecule has 138 valence electrons. The van der Waals surface area contributed by atoms with Gasteiger partial charge in [0.15, 0.2) is 9.84 Å². The van der Waals surface area contributed by atoms with Gasteiger partial charge in [-0.1, -0.05) is 6.07 Å². The van der Waals surface area contributed by atoms with Crippen LogP contribution >= 0.6 is 0 Å². The molecule has 0 saturated heterocycles. The molecule has 0 radical (unpaired) electrons. The first-order valence-corrected chi connectivity index (χ1v) is 9.74. The van der Waals surface area contributed by atoms with Crippen LogP contribution in [0, 0.1) is 6.92 Å². The van der Waals surface area contributed by atoms with Gasteiger partial charge in [-0.25, -0.2) is 8.42 Å². The molecule has 0 fully saturated rings. The molecule has 3 rings (SSSR count). The maximum atomic E-state index is 12.5. The Labute approximate surface area is 157 Å². The van der Waals surface area contributed by atoms with Crippen LogP contribution in [0.4, 0.5) is 17.1 Å². The number of anilines is 1. The van der Waals surface area contributed by atoms with E-state index < -0.39 is 9.84 Å². The summed E-state index contributed by atoms with van der Waals surface area (Å²) in [6.07, 6.45) is 1.56. The third-order valence-electron chi connectivity index (χ3n) is 3.88. The molecular formula is C19H18N4O3S. The molecule has 0 saturated carbocycles. The molecule has 0 aliphatic rings. The van der Waals surface area contributed by atoms with Gasteiger partial charge in [-0.3, -0.25) is 4.98 Å². The highest BCUT2D eigenvalue weighted by atomic mass is 32.2. The molecule has 1 heterocycles. The molecule has 8 heteroatoms. The number of hydrogen-bond donors (Lipinski definition) is 2. The molecule has 2 aromatic carbocycles. The summed E-state index contributed by atoms with van der Waals surface area (Å²) in [7, 11) is -3.50. The van der Waals surface area contributed by atoms with Crippen LogP contribution in [0.15, 0.2) is 75.9 Å². The van der Waals surface area contributed by atoms with Crippen LogP contribution in [0.2, 0.25) is 0 Å². The number of benzene rings is 2. The van der Waals surface area contributed by atoms with E-state index in [1.165, 1.54) is 18.2 Å². The SMILES string of the molecule is Cc1cc(N=Nc2ccc(S(=O)(=O)Cc3ccccn3)cc2)c(N)cc1O. The third-order valence-corrected chi connectivity index (χ3v) is 5.54. The van der Waals surface area contributed by atoms with Crippen LogP contribution in [0.5, 0.6) is 5.75 Å². The maximum Gasteiger partial charge on any atom is 0.184 e. The van der Waals surface area contributed by atoms with Crippen molar-refractivity contribution in [2.45, 2.75) is 17.6 Å². The van der Waals surface area contributed by atoms with E-state index >= 15 is 0 Å². The molecular weight excluding hydrogens is 364 g/mol. The fourth-order valence-electron chi connectivity index (χ4n) is 2.38. The van der Waals surface area contributed by atoms with E-state index in [-0.39, 0.29) is 16.4 Å². The Bertz CT molecular complexity index is 1080. The fraction of sp³-hybridized carbons (Fsp3) is 0.105. The van der Waals surface area contributed by atoms with Crippen molar-refractivity contribution in [2.24, 2.45) is 10.2 Å². The lowest BCUT2D eigenvalue weighted by Gasteiger charge is -2.05. The predicted molar refractivity (Wildman–Crippen MR) is 103 cm³/mol. The topological polar surface area (TPSA) is 118 Å². The van der Waals surface area contributed by atoms with Crippen LogP contribution in [0.25, 0.3) is 0 Å². The lowest BCUT2D eigenvalue weighted by Crippen LogP contribution is -2.05. The number of phenols is 1. The monoisotopic (exact) mass is 382 g/mol. The van der Waals surface area contributed by atoms with E-state index in [1.807, 2.05) is 0 Å². The molecule has 0 bridgehead atoms. The summed E-state index contributed by atoms with van der Waals surface area (Å²) < 4.78 is 24.9. The zero-order valence-electron chi connectivity index (χ0n) is 14.6. The second-order valence-electron chi connectivity index (χ2n) is 5.97. The second kappa shape index (κ2) is 7.55. The van der Waals surface area contributed by atoms with E-state index in [2.05, 4.69) is 15.2 Å². The summed E-state index contributed by atoms with van der Waals surface area (Å²) >= 11 is 0. The smallest absolute Gasteiger partial charge is 0.184 e. The molecule has 0 aliphatic heterocycles. The van der Waals surface area contributed by atoms with Crippen molar-refractivity contribution in [3.05, 3.63) is 72.1 Å². The summed E-state index contributed by atoms with van der Waals surface area (Å²) in [5, 5.41) is 17.7. The van der Waals surface area contributed by atoms with Crippen LogP contribution in [0.3, 0.4) is 0 Å². The Balaban J connectivity index is 1.78. The lowest BCUT2D eigenvalue weighted by atomic mass is 10.2. The molecule has 0 amide bonds. The quantitative estimate of drug-likeness (QED) is 0.509. The summed E-state index contributed by atoms with van der Waals surface area (Å²) in [5.41, 5.74) is 8.14. The predicted octanol–water partition coefficient (Wildman–Crippen LogP) is 4.07. The Hall–Kier alpha value is -3.26. The lowest BCUT2D eigenvalue weighted by molar-refractivity contribution is 0.471. The highest BCUT2D eigenvalue weighted by Gasteiger charge is 2.15. The fourth-order valence-corrected chi connectivity index (χ4v) is 3.65. The number of aromatic hydroxyl groups is 1. The van der Waals surface area contributed by atoms with Crippen LogP contribution in [-0.2, 0) is 15.6 Å². The van der Waals surface area contributed by atoms with E-state index in [4.69, 9.17) is 5.73 Å². The van der Waals surface area contributed by atoms with Crippen LogP contribution in [0.1, 0.15) is 11.3 Å². The number of pyridine rings is 1. The van der Waals surface area contributed by atoms with Gasteiger partial charge in [-0.05, 0) is 55.0 Å². The molecule has 0 unspecified atom stereocenters. The highest BCUT2D eigenvalue weighted by molar-refractivity contribution is 7.90. The minimum atomic E-state index is -3.50. The molecule has 0 aliphatic carbocycles. The number of nitrogens with zero attached hydrogens (tertiary/aromatic N) is 3. The van der Waals surface area contributed by atoms with Crippen molar-refractivity contribution < 1.29 is 13.5 Å². The highest BCUT2D eigenvalue weighted by Crippen LogP contribution is 2.31. The van der Waals surface area contributed by atoms with Gasteiger partial charge in [0.25, 0.3) is 0 Å². The number of hydrogen-bond acceptors (Lipinski definition) is 7. The Kier molecular flexibility index (Phi) is 5.18. The number of aromatic nitrogens is 1. The summed E-state index contributed by atoms with van der Waals surface area (Å²) in [6, 6.07) is 14.3. The number of nitrogen functional groups attached to an aromatic ring is 1. The molecule has 0 atom stereocenters. The number of nitrogens with two attached hydrogens (primary N) is 1. The zero-order valence-corrected chi connectivity index (χ0v) is 15.4. The van der Waals surface area contributed by atoms with Crippen molar-refractivity contribution in [3.63, 3.8) is 0 Å². The summed E-state index contributed by atoms with van der Waals surface area (Å²) in [4.78, 5) is 4.24. The van der Waals surface area contributed by atoms with Gasteiger partial charge in [0.05, 0.1) is 27.7 Å². The second-order valence-corrected chi connectivity index (χ2v) is 7.96. The summed E-state index contributed by atoms with van der Waals surface area (Å²) in [5.74, 6) is -0.0770. The number of rotatable bonds is 5. The Morgan fingerprint density at radius 2 is 1.81 bits per heavy atom. The first kappa shape index (κ1) is 18.5. The van der Waals surface area contributed by atoms with Crippen molar-refractivity contribution in [1.29, 1.82) is 0 Å².